The Morgan fingerprint density at radius 3 is 2.00 bits per heavy atom. The Morgan fingerprint density at radius 2 is 1.77 bits per heavy atom. The number of carbonyl (C=O) groups is 1. The van der Waals surface area contributed by atoms with Gasteiger partial charge < -0.3 is 15.6 Å². The van der Waals surface area contributed by atoms with E-state index >= 15 is 0 Å². The fraction of sp³-hybridized carbons (Fsp3) is 0.300. The molecule has 0 spiro atoms. The van der Waals surface area contributed by atoms with E-state index in [1.54, 1.807) is 0 Å². The van der Waals surface area contributed by atoms with Crippen LogP contribution in [0.3, 0.4) is 0 Å². The van der Waals surface area contributed by atoms with Gasteiger partial charge in [-0.1, -0.05) is 30.3 Å². The number of carbonyl (C=O) groups excluding carboxylic acids is 1. The molecule has 0 aliphatic carbocycles. The lowest BCUT2D eigenvalue weighted by atomic mass is 10.1. The number of hydrogen-bond acceptors (Lipinski definition) is 2. The monoisotopic (exact) mass is 181 g/mol. The van der Waals surface area contributed by atoms with Gasteiger partial charge in [0, 0.05) is 11.5 Å². The van der Waals surface area contributed by atoms with Gasteiger partial charge in [-0.05, 0) is 13.8 Å². The second-order valence-electron chi connectivity index (χ2n) is 2.80. The summed E-state index contributed by atoms with van der Waals surface area (Å²) in [6.45, 7) is 3.06. The predicted molar refractivity (Wildman–Crippen MR) is 48.4 cm³/mol. The Kier molecular flexibility index (Phi) is 5.55. The van der Waals surface area contributed by atoms with Crippen LogP contribution in [0.1, 0.15) is 25.5 Å². The van der Waals surface area contributed by atoms with Crippen molar-refractivity contribution in [2.24, 2.45) is 0 Å². The highest BCUT2D eigenvalue weighted by molar-refractivity contribution is 5.60. The van der Waals surface area contributed by atoms with Crippen molar-refractivity contribution in [3.8, 4) is 0 Å². The SMILES string of the molecule is CC(=O)[O-].CC([NH3+])c1ccccc1. The van der Waals surface area contributed by atoms with Crippen LogP contribution in [0.2, 0.25) is 0 Å². The summed E-state index contributed by atoms with van der Waals surface area (Å²) >= 11 is 0. The Balaban J connectivity index is 0.000000310. The summed E-state index contributed by atoms with van der Waals surface area (Å²) < 4.78 is 0. The molecule has 0 aliphatic heterocycles. The number of carboxylic acid groups (broad SMARTS) is 1. The minimum Gasteiger partial charge on any atom is -0.550 e. The van der Waals surface area contributed by atoms with Crippen LogP contribution in [-0.4, -0.2) is 5.97 Å². The zero-order valence-corrected chi connectivity index (χ0v) is 7.99. The van der Waals surface area contributed by atoms with Crippen LogP contribution in [0.15, 0.2) is 30.3 Å². The zero-order chi connectivity index (χ0) is 10.3. The highest BCUT2D eigenvalue weighted by atomic mass is 16.4. The molecule has 1 aromatic carbocycles. The fourth-order valence-electron chi connectivity index (χ4n) is 0.782. The van der Waals surface area contributed by atoms with Crippen molar-refractivity contribution in [3.63, 3.8) is 0 Å². The first-order valence-electron chi connectivity index (χ1n) is 4.09. The summed E-state index contributed by atoms with van der Waals surface area (Å²) in [6.07, 6.45) is 0. The number of quaternary nitrogens is 1. The number of benzene rings is 1. The van der Waals surface area contributed by atoms with Gasteiger partial charge >= 0.3 is 0 Å². The number of carboxylic acids is 1. The molecule has 0 saturated carbocycles. The summed E-state index contributed by atoms with van der Waals surface area (Å²) in [6, 6.07) is 10.7. The molecule has 0 heterocycles. The summed E-state index contributed by atoms with van der Waals surface area (Å²) in [4.78, 5) is 8.89. The summed E-state index contributed by atoms with van der Waals surface area (Å²) in [5.74, 6) is -1.08. The molecular formula is C10H15NO2. The third-order valence-electron chi connectivity index (χ3n) is 1.37. The van der Waals surface area contributed by atoms with Crippen molar-refractivity contribution < 1.29 is 15.6 Å². The Bertz CT molecular complexity index is 240. The van der Waals surface area contributed by atoms with Gasteiger partial charge in [0.1, 0.15) is 6.04 Å². The van der Waals surface area contributed by atoms with Gasteiger partial charge in [0.25, 0.3) is 0 Å². The number of hydrogen-bond donors (Lipinski definition) is 1. The lowest BCUT2D eigenvalue weighted by Gasteiger charge is -1.98. The molecule has 3 heteroatoms. The predicted octanol–water partition coefficient (Wildman–Crippen LogP) is -0.254. The van der Waals surface area contributed by atoms with E-state index in [4.69, 9.17) is 9.90 Å². The standard InChI is InChI=1S/C8H11N.C2H4O2/c1-7(9)8-5-3-2-4-6-8;1-2(3)4/h2-7H,9H2,1H3;1H3,(H,3,4). The molecule has 0 saturated heterocycles. The molecule has 3 N–H and O–H groups in total. The first kappa shape index (κ1) is 11.6. The smallest absolute Gasteiger partial charge is 0.107 e. The lowest BCUT2D eigenvalue weighted by Crippen LogP contribution is -2.51. The minimum absolute atomic E-state index is 0.409. The van der Waals surface area contributed by atoms with E-state index in [1.807, 2.05) is 18.2 Å². The summed E-state index contributed by atoms with van der Waals surface area (Å²) in [7, 11) is 0. The van der Waals surface area contributed by atoms with Crippen LogP contribution in [-0.2, 0) is 4.79 Å². The van der Waals surface area contributed by atoms with E-state index in [0.717, 1.165) is 6.92 Å². The van der Waals surface area contributed by atoms with Crippen molar-refractivity contribution in [2.75, 3.05) is 0 Å². The highest BCUT2D eigenvalue weighted by Gasteiger charge is 1.97. The van der Waals surface area contributed by atoms with Crippen LogP contribution in [0.25, 0.3) is 0 Å². The van der Waals surface area contributed by atoms with Crippen LogP contribution >= 0.6 is 0 Å². The zero-order valence-electron chi connectivity index (χ0n) is 7.99. The molecule has 3 nitrogen and oxygen atoms in total. The molecule has 0 fully saturated rings. The Hall–Kier alpha value is -1.35. The van der Waals surface area contributed by atoms with Crippen molar-refractivity contribution in [1.29, 1.82) is 0 Å². The van der Waals surface area contributed by atoms with Gasteiger partial charge in [-0.25, -0.2) is 0 Å². The average Bonchev–Trinajstić information content (AvgIpc) is 2.05. The quantitative estimate of drug-likeness (QED) is 0.649. The fourth-order valence-corrected chi connectivity index (χ4v) is 0.782. The Labute approximate surface area is 78.2 Å². The van der Waals surface area contributed by atoms with Gasteiger partial charge in [-0.2, -0.15) is 0 Å². The average molecular weight is 181 g/mol. The van der Waals surface area contributed by atoms with Gasteiger partial charge in [0.05, 0.1) is 0 Å². The maximum Gasteiger partial charge on any atom is 0.107 e. The molecule has 13 heavy (non-hydrogen) atoms. The third kappa shape index (κ3) is 7.03. The largest absolute Gasteiger partial charge is 0.550 e. The van der Waals surface area contributed by atoms with Gasteiger partial charge in [-0.3, -0.25) is 0 Å². The second-order valence-corrected chi connectivity index (χ2v) is 2.80. The molecule has 0 aliphatic rings. The highest BCUT2D eigenvalue weighted by Crippen LogP contribution is 2.04. The maximum absolute atomic E-state index is 8.89. The first-order valence-corrected chi connectivity index (χ1v) is 4.09. The normalized spacial score (nSPS) is 11.0. The van der Waals surface area contributed by atoms with Gasteiger partial charge in [0.15, 0.2) is 0 Å². The van der Waals surface area contributed by atoms with Crippen LogP contribution < -0.4 is 10.8 Å². The van der Waals surface area contributed by atoms with E-state index in [-0.39, 0.29) is 0 Å². The van der Waals surface area contributed by atoms with Crippen molar-refractivity contribution in [1.82, 2.24) is 0 Å². The maximum atomic E-state index is 8.89. The van der Waals surface area contributed by atoms with E-state index in [2.05, 4.69) is 24.8 Å². The van der Waals surface area contributed by atoms with Crippen molar-refractivity contribution in [3.05, 3.63) is 35.9 Å². The van der Waals surface area contributed by atoms with E-state index < -0.39 is 5.97 Å². The third-order valence-corrected chi connectivity index (χ3v) is 1.37. The first-order chi connectivity index (χ1) is 6.04. The molecule has 1 atom stereocenters. The molecule has 1 rings (SSSR count). The minimum atomic E-state index is -1.08. The van der Waals surface area contributed by atoms with Gasteiger partial charge in [0.2, 0.25) is 0 Å². The molecule has 0 radical (unpaired) electrons. The molecule has 1 aromatic rings. The van der Waals surface area contributed by atoms with Crippen molar-refractivity contribution >= 4 is 5.97 Å². The van der Waals surface area contributed by atoms with E-state index in [1.165, 1.54) is 5.56 Å². The van der Waals surface area contributed by atoms with E-state index in [9.17, 15) is 0 Å². The lowest BCUT2D eigenvalue weighted by molar-refractivity contribution is -0.420. The second kappa shape index (κ2) is 6.20. The molecule has 0 aromatic heterocycles. The van der Waals surface area contributed by atoms with Crippen LogP contribution in [0, 0.1) is 0 Å². The van der Waals surface area contributed by atoms with Gasteiger partial charge in [-0.15, -0.1) is 0 Å². The summed E-state index contributed by atoms with van der Waals surface area (Å²) in [5, 5.41) is 8.89. The topological polar surface area (TPSA) is 67.8 Å². The molecule has 72 valence electrons. The Morgan fingerprint density at radius 1 is 1.38 bits per heavy atom. The van der Waals surface area contributed by atoms with Crippen molar-refractivity contribution in [2.45, 2.75) is 19.9 Å². The number of rotatable bonds is 1. The molecule has 0 amide bonds. The van der Waals surface area contributed by atoms with Crippen LogP contribution in [0.4, 0.5) is 0 Å². The molecular weight excluding hydrogens is 166 g/mol. The summed E-state index contributed by atoms with van der Waals surface area (Å²) in [5.41, 5.74) is 5.21. The number of aliphatic carboxylic acids is 1. The molecule has 0 bridgehead atoms. The van der Waals surface area contributed by atoms with E-state index in [0.29, 0.717) is 6.04 Å². The van der Waals surface area contributed by atoms with Crippen LogP contribution in [0.5, 0.6) is 0 Å². The molecule has 1 unspecified atom stereocenters.